The number of aliphatic hydroxyl groups is 1. The SMILES string of the molecule is CC(C)(C)OC(=O)N1CCC(Nc2cc(CO)ccc2Cl)CC1. The second kappa shape index (κ2) is 7.41. The van der Waals surface area contributed by atoms with Crippen molar-refractivity contribution in [3.8, 4) is 0 Å². The van der Waals surface area contributed by atoms with Gasteiger partial charge in [-0.3, -0.25) is 0 Å². The van der Waals surface area contributed by atoms with Crippen molar-refractivity contribution in [2.24, 2.45) is 0 Å². The van der Waals surface area contributed by atoms with Gasteiger partial charge in [-0.15, -0.1) is 0 Å². The second-order valence-corrected chi connectivity index (χ2v) is 7.27. The molecule has 1 fully saturated rings. The highest BCUT2D eigenvalue weighted by Gasteiger charge is 2.27. The molecule has 1 aromatic rings. The predicted octanol–water partition coefficient (Wildman–Crippen LogP) is 3.64. The first-order chi connectivity index (χ1) is 10.8. The van der Waals surface area contributed by atoms with Gasteiger partial charge in [-0.1, -0.05) is 17.7 Å². The van der Waals surface area contributed by atoms with Crippen molar-refractivity contribution >= 4 is 23.4 Å². The van der Waals surface area contributed by atoms with Crippen LogP contribution in [0.4, 0.5) is 10.5 Å². The number of hydrogen-bond donors (Lipinski definition) is 2. The van der Waals surface area contributed by atoms with Crippen LogP contribution in [0.2, 0.25) is 5.02 Å². The van der Waals surface area contributed by atoms with Crippen LogP contribution < -0.4 is 5.32 Å². The van der Waals surface area contributed by atoms with Crippen LogP contribution in [-0.2, 0) is 11.3 Å². The monoisotopic (exact) mass is 340 g/mol. The number of halogens is 1. The summed E-state index contributed by atoms with van der Waals surface area (Å²) < 4.78 is 5.40. The quantitative estimate of drug-likeness (QED) is 0.881. The molecule has 0 saturated carbocycles. The summed E-state index contributed by atoms with van der Waals surface area (Å²) in [6.07, 6.45) is 1.41. The Morgan fingerprint density at radius 1 is 1.39 bits per heavy atom. The molecule has 1 heterocycles. The van der Waals surface area contributed by atoms with Crippen LogP contribution in [0.5, 0.6) is 0 Å². The van der Waals surface area contributed by atoms with Gasteiger partial charge in [0.15, 0.2) is 0 Å². The van der Waals surface area contributed by atoms with E-state index in [1.54, 1.807) is 17.0 Å². The van der Waals surface area contributed by atoms with Gasteiger partial charge in [0.1, 0.15) is 5.60 Å². The van der Waals surface area contributed by atoms with Crippen molar-refractivity contribution in [3.63, 3.8) is 0 Å². The van der Waals surface area contributed by atoms with Crippen LogP contribution in [0.3, 0.4) is 0 Å². The number of benzene rings is 1. The normalized spacial score (nSPS) is 16.3. The van der Waals surface area contributed by atoms with Gasteiger partial charge in [0.2, 0.25) is 0 Å². The van der Waals surface area contributed by atoms with Gasteiger partial charge in [0.05, 0.1) is 17.3 Å². The predicted molar refractivity (Wildman–Crippen MR) is 91.8 cm³/mol. The number of aliphatic hydroxyl groups excluding tert-OH is 1. The molecule has 23 heavy (non-hydrogen) atoms. The molecule has 1 saturated heterocycles. The van der Waals surface area contributed by atoms with E-state index in [1.165, 1.54) is 0 Å². The maximum absolute atomic E-state index is 12.1. The van der Waals surface area contributed by atoms with Gasteiger partial charge in [-0.2, -0.15) is 0 Å². The lowest BCUT2D eigenvalue weighted by Crippen LogP contribution is -2.44. The molecule has 0 atom stereocenters. The molecule has 0 unspecified atom stereocenters. The standard InChI is InChI=1S/C17H25ClN2O3/c1-17(2,3)23-16(22)20-8-6-13(7-9-20)19-15-10-12(11-21)4-5-14(15)18/h4-5,10,13,19,21H,6-9,11H2,1-3H3. The largest absolute Gasteiger partial charge is 0.444 e. The van der Waals surface area contributed by atoms with Gasteiger partial charge >= 0.3 is 6.09 Å². The molecule has 1 aliphatic heterocycles. The zero-order chi connectivity index (χ0) is 17.0. The Morgan fingerprint density at radius 2 is 2.04 bits per heavy atom. The first-order valence-electron chi connectivity index (χ1n) is 7.92. The Labute approximate surface area is 142 Å². The number of nitrogens with one attached hydrogen (secondary N) is 1. The summed E-state index contributed by atoms with van der Waals surface area (Å²) in [6, 6.07) is 5.70. The lowest BCUT2D eigenvalue weighted by atomic mass is 10.0. The third-order valence-electron chi connectivity index (χ3n) is 3.72. The summed E-state index contributed by atoms with van der Waals surface area (Å²) in [4.78, 5) is 13.8. The summed E-state index contributed by atoms with van der Waals surface area (Å²) >= 11 is 6.20. The van der Waals surface area contributed by atoms with Crippen molar-refractivity contribution in [3.05, 3.63) is 28.8 Å². The second-order valence-electron chi connectivity index (χ2n) is 6.86. The van der Waals surface area contributed by atoms with Gasteiger partial charge in [-0.05, 0) is 51.3 Å². The van der Waals surface area contributed by atoms with E-state index in [-0.39, 0.29) is 18.7 Å². The minimum atomic E-state index is -0.468. The molecule has 1 amide bonds. The first-order valence-corrected chi connectivity index (χ1v) is 8.30. The van der Waals surface area contributed by atoms with E-state index in [0.717, 1.165) is 24.1 Å². The summed E-state index contributed by atoms with van der Waals surface area (Å²) in [5.41, 5.74) is 1.18. The lowest BCUT2D eigenvalue weighted by Gasteiger charge is -2.34. The van der Waals surface area contributed by atoms with E-state index in [0.29, 0.717) is 18.1 Å². The van der Waals surface area contributed by atoms with Crippen LogP contribution >= 0.6 is 11.6 Å². The molecule has 2 N–H and O–H groups in total. The highest BCUT2D eigenvalue weighted by molar-refractivity contribution is 6.33. The fourth-order valence-electron chi connectivity index (χ4n) is 2.53. The summed E-state index contributed by atoms with van der Waals surface area (Å²) in [6.45, 7) is 6.91. The Balaban J connectivity index is 1.89. The Bertz CT molecular complexity index is 549. The van der Waals surface area contributed by atoms with Crippen molar-refractivity contribution in [1.29, 1.82) is 0 Å². The minimum absolute atomic E-state index is 0.0110. The molecule has 1 aromatic carbocycles. The number of amides is 1. The van der Waals surface area contributed by atoms with Crippen LogP contribution in [0.25, 0.3) is 0 Å². The third-order valence-corrected chi connectivity index (χ3v) is 4.05. The number of hydrogen-bond acceptors (Lipinski definition) is 4. The van der Waals surface area contributed by atoms with Gasteiger partial charge < -0.3 is 20.1 Å². The maximum atomic E-state index is 12.1. The number of likely N-dealkylation sites (tertiary alicyclic amines) is 1. The molecule has 0 radical (unpaired) electrons. The molecular weight excluding hydrogens is 316 g/mol. The molecule has 0 bridgehead atoms. The van der Waals surface area contributed by atoms with Crippen molar-refractivity contribution in [2.45, 2.75) is 51.9 Å². The van der Waals surface area contributed by atoms with Crippen LogP contribution in [0, 0.1) is 0 Å². The van der Waals surface area contributed by atoms with E-state index in [1.807, 2.05) is 26.8 Å². The topological polar surface area (TPSA) is 61.8 Å². The fraction of sp³-hybridized carbons (Fsp3) is 0.588. The smallest absolute Gasteiger partial charge is 0.410 e. The van der Waals surface area contributed by atoms with Gasteiger partial charge in [0.25, 0.3) is 0 Å². The van der Waals surface area contributed by atoms with Gasteiger partial charge in [0, 0.05) is 19.1 Å². The fourth-order valence-corrected chi connectivity index (χ4v) is 2.71. The zero-order valence-electron chi connectivity index (χ0n) is 13.9. The van der Waals surface area contributed by atoms with E-state index in [9.17, 15) is 9.90 Å². The highest BCUT2D eigenvalue weighted by atomic mass is 35.5. The molecular formula is C17H25ClN2O3. The molecule has 128 valence electrons. The van der Waals surface area contributed by atoms with E-state index < -0.39 is 5.60 Å². The maximum Gasteiger partial charge on any atom is 0.410 e. The van der Waals surface area contributed by atoms with Crippen molar-refractivity contribution in [1.82, 2.24) is 4.90 Å². The number of carbonyl (C=O) groups is 1. The van der Waals surface area contributed by atoms with Gasteiger partial charge in [-0.25, -0.2) is 4.79 Å². The van der Waals surface area contributed by atoms with Crippen molar-refractivity contribution < 1.29 is 14.6 Å². The Hall–Kier alpha value is -1.46. The van der Waals surface area contributed by atoms with E-state index >= 15 is 0 Å². The van der Waals surface area contributed by atoms with Crippen LogP contribution in [0.1, 0.15) is 39.2 Å². The molecule has 0 spiro atoms. The Morgan fingerprint density at radius 3 is 2.61 bits per heavy atom. The molecule has 1 aliphatic rings. The number of anilines is 1. The zero-order valence-corrected chi connectivity index (χ0v) is 14.7. The summed E-state index contributed by atoms with van der Waals surface area (Å²) in [5.74, 6) is 0. The lowest BCUT2D eigenvalue weighted by molar-refractivity contribution is 0.0210. The molecule has 6 heteroatoms. The highest BCUT2D eigenvalue weighted by Crippen LogP contribution is 2.26. The number of ether oxygens (including phenoxy) is 1. The molecule has 5 nitrogen and oxygen atoms in total. The minimum Gasteiger partial charge on any atom is -0.444 e. The molecule has 2 rings (SSSR count). The number of nitrogens with zero attached hydrogens (tertiary/aromatic N) is 1. The average molecular weight is 341 g/mol. The number of carbonyl (C=O) groups excluding carboxylic acids is 1. The summed E-state index contributed by atoms with van der Waals surface area (Å²) in [7, 11) is 0. The van der Waals surface area contributed by atoms with E-state index in [4.69, 9.17) is 16.3 Å². The number of piperidine rings is 1. The average Bonchev–Trinajstić information content (AvgIpc) is 2.48. The Kier molecular flexibility index (Phi) is 5.76. The third kappa shape index (κ3) is 5.29. The first kappa shape index (κ1) is 17.9. The van der Waals surface area contributed by atoms with Crippen molar-refractivity contribution in [2.75, 3.05) is 18.4 Å². The van der Waals surface area contributed by atoms with Crippen LogP contribution in [-0.4, -0.2) is 40.8 Å². The van der Waals surface area contributed by atoms with Crippen LogP contribution in [0.15, 0.2) is 18.2 Å². The number of rotatable bonds is 3. The molecule has 0 aromatic heterocycles. The molecule has 0 aliphatic carbocycles. The van der Waals surface area contributed by atoms with E-state index in [2.05, 4.69) is 5.32 Å². The summed E-state index contributed by atoms with van der Waals surface area (Å²) in [5, 5.41) is 13.3.